The highest BCUT2D eigenvalue weighted by Gasteiger charge is 2.07. The predicted octanol–water partition coefficient (Wildman–Crippen LogP) is 2.04. The molecule has 0 spiro atoms. The van der Waals surface area contributed by atoms with Crippen molar-refractivity contribution in [1.82, 2.24) is 9.97 Å². The van der Waals surface area contributed by atoms with E-state index in [0.717, 1.165) is 11.6 Å². The summed E-state index contributed by atoms with van der Waals surface area (Å²) in [6.07, 6.45) is 5.73. The smallest absolute Gasteiger partial charge is 0.218 e. The van der Waals surface area contributed by atoms with Crippen molar-refractivity contribution < 1.29 is 4.74 Å². The molecule has 4 nitrogen and oxygen atoms in total. The Morgan fingerprint density at radius 2 is 2.25 bits per heavy atom. The number of hydrogen-bond donors (Lipinski definition) is 1. The molecule has 1 aromatic rings. The van der Waals surface area contributed by atoms with Crippen LogP contribution < -0.4 is 10.1 Å². The summed E-state index contributed by atoms with van der Waals surface area (Å²) >= 11 is 0. The number of nitrogens with zero attached hydrogens (tertiary/aromatic N) is 2. The van der Waals surface area contributed by atoms with Crippen LogP contribution in [0.15, 0.2) is 6.07 Å². The fraction of sp³-hybridized carbons (Fsp3) is 0.500. The largest absolute Gasteiger partial charge is 0.477 e. The maximum Gasteiger partial charge on any atom is 0.218 e. The summed E-state index contributed by atoms with van der Waals surface area (Å²) in [6, 6.07) is 1.77. The molecule has 0 aliphatic rings. The van der Waals surface area contributed by atoms with Gasteiger partial charge >= 0.3 is 0 Å². The van der Waals surface area contributed by atoms with Crippen LogP contribution >= 0.6 is 0 Å². The normalized spacial score (nSPS) is 9.94. The zero-order chi connectivity index (χ0) is 12.0. The number of nitrogens with one attached hydrogen (secondary N) is 1. The Bertz CT molecular complexity index is 382. The van der Waals surface area contributed by atoms with Gasteiger partial charge in [-0.15, -0.1) is 12.3 Å². The Morgan fingerprint density at radius 3 is 2.81 bits per heavy atom. The minimum Gasteiger partial charge on any atom is -0.477 e. The van der Waals surface area contributed by atoms with Crippen LogP contribution in [0.1, 0.15) is 32.0 Å². The molecule has 1 heterocycles. The fourth-order valence-electron chi connectivity index (χ4n) is 1.12. The third-order valence-electron chi connectivity index (χ3n) is 1.99. The van der Waals surface area contributed by atoms with Crippen LogP contribution in [0, 0.1) is 12.3 Å². The molecule has 0 atom stereocenters. The summed E-state index contributed by atoms with van der Waals surface area (Å²) < 4.78 is 5.45. The number of anilines is 1. The van der Waals surface area contributed by atoms with Gasteiger partial charge in [0.1, 0.15) is 18.2 Å². The number of ether oxygens (including phenoxy) is 1. The predicted molar refractivity (Wildman–Crippen MR) is 64.6 cm³/mol. The molecule has 0 amide bonds. The van der Waals surface area contributed by atoms with Crippen molar-refractivity contribution in [2.45, 2.75) is 26.2 Å². The Balaban J connectivity index is 2.83. The molecule has 0 saturated carbocycles. The van der Waals surface area contributed by atoms with Crippen molar-refractivity contribution in [3.8, 4) is 18.2 Å². The van der Waals surface area contributed by atoms with E-state index in [1.54, 1.807) is 6.07 Å². The van der Waals surface area contributed by atoms with E-state index in [9.17, 15) is 0 Å². The highest BCUT2D eigenvalue weighted by molar-refractivity contribution is 5.38. The summed E-state index contributed by atoms with van der Waals surface area (Å²) in [6.45, 7) is 4.56. The first-order chi connectivity index (χ1) is 7.67. The average Bonchev–Trinajstić information content (AvgIpc) is 2.29. The quantitative estimate of drug-likeness (QED) is 0.608. The van der Waals surface area contributed by atoms with E-state index >= 15 is 0 Å². The molecule has 0 bridgehead atoms. The first-order valence-electron chi connectivity index (χ1n) is 5.30. The minimum atomic E-state index is 0.267. The van der Waals surface area contributed by atoms with Gasteiger partial charge in [-0.05, 0) is 0 Å². The van der Waals surface area contributed by atoms with E-state index < -0.39 is 0 Å². The van der Waals surface area contributed by atoms with E-state index in [1.807, 2.05) is 20.9 Å². The van der Waals surface area contributed by atoms with Gasteiger partial charge in [0.2, 0.25) is 5.88 Å². The molecule has 0 saturated heterocycles. The second kappa shape index (κ2) is 5.96. The summed E-state index contributed by atoms with van der Waals surface area (Å²) in [4.78, 5) is 8.65. The first-order valence-corrected chi connectivity index (χ1v) is 5.30. The van der Waals surface area contributed by atoms with Crippen LogP contribution in [0.25, 0.3) is 0 Å². The molecule has 0 radical (unpaired) electrons. The third kappa shape index (κ3) is 3.43. The molecule has 1 N–H and O–H groups in total. The van der Waals surface area contributed by atoms with Crippen LogP contribution in [-0.4, -0.2) is 23.6 Å². The van der Waals surface area contributed by atoms with Crippen molar-refractivity contribution in [1.29, 1.82) is 0 Å². The number of terminal acetylenes is 1. The average molecular weight is 219 g/mol. The monoisotopic (exact) mass is 219 g/mol. The fourth-order valence-corrected chi connectivity index (χ4v) is 1.12. The Labute approximate surface area is 96.5 Å². The lowest BCUT2D eigenvalue weighted by Gasteiger charge is -2.10. The second-order valence-corrected chi connectivity index (χ2v) is 3.66. The van der Waals surface area contributed by atoms with Gasteiger partial charge in [-0.1, -0.05) is 13.8 Å². The van der Waals surface area contributed by atoms with Gasteiger partial charge in [-0.25, -0.2) is 4.98 Å². The molecular formula is C12H17N3O. The van der Waals surface area contributed by atoms with Crippen LogP contribution in [-0.2, 0) is 0 Å². The van der Waals surface area contributed by atoms with E-state index in [1.165, 1.54) is 0 Å². The zero-order valence-corrected chi connectivity index (χ0v) is 9.95. The van der Waals surface area contributed by atoms with Gasteiger partial charge in [0.25, 0.3) is 0 Å². The van der Waals surface area contributed by atoms with E-state index in [0.29, 0.717) is 18.9 Å². The van der Waals surface area contributed by atoms with Gasteiger partial charge in [0, 0.05) is 25.5 Å². The molecule has 16 heavy (non-hydrogen) atoms. The minimum absolute atomic E-state index is 0.267. The van der Waals surface area contributed by atoms with E-state index in [2.05, 4.69) is 21.2 Å². The topological polar surface area (TPSA) is 47.0 Å². The van der Waals surface area contributed by atoms with Gasteiger partial charge in [-0.3, -0.25) is 0 Å². The summed E-state index contributed by atoms with van der Waals surface area (Å²) in [5.41, 5.74) is 0. The highest BCUT2D eigenvalue weighted by atomic mass is 16.5. The maximum absolute atomic E-state index is 5.45. The molecular weight excluding hydrogens is 202 g/mol. The molecule has 0 aliphatic heterocycles. The third-order valence-corrected chi connectivity index (χ3v) is 1.99. The van der Waals surface area contributed by atoms with Gasteiger partial charge in [-0.2, -0.15) is 4.98 Å². The van der Waals surface area contributed by atoms with Crippen molar-refractivity contribution in [2.24, 2.45) is 0 Å². The Kier molecular flexibility index (Phi) is 4.59. The Morgan fingerprint density at radius 1 is 1.50 bits per heavy atom. The zero-order valence-electron chi connectivity index (χ0n) is 9.95. The van der Waals surface area contributed by atoms with E-state index in [-0.39, 0.29) is 5.92 Å². The molecule has 1 aromatic heterocycles. The summed E-state index contributed by atoms with van der Waals surface area (Å²) in [7, 11) is 1.82. The standard InChI is InChI=1S/C12H17N3O/c1-5-6-7-16-11-8-10(13-4)14-12(15-11)9(2)3/h1,8-9H,6-7H2,2-4H3,(H,13,14,15). The van der Waals surface area contributed by atoms with Crippen molar-refractivity contribution in [3.05, 3.63) is 11.9 Å². The highest BCUT2D eigenvalue weighted by Crippen LogP contribution is 2.18. The molecule has 1 rings (SSSR count). The molecule has 0 aliphatic carbocycles. The lowest BCUT2D eigenvalue weighted by Crippen LogP contribution is -2.05. The van der Waals surface area contributed by atoms with Crippen molar-refractivity contribution in [2.75, 3.05) is 19.0 Å². The summed E-state index contributed by atoms with van der Waals surface area (Å²) in [5.74, 6) is 4.88. The van der Waals surface area contributed by atoms with Crippen LogP contribution in [0.2, 0.25) is 0 Å². The van der Waals surface area contributed by atoms with Gasteiger partial charge < -0.3 is 10.1 Å². The molecule has 4 heteroatoms. The van der Waals surface area contributed by atoms with Crippen molar-refractivity contribution >= 4 is 5.82 Å². The first kappa shape index (κ1) is 12.3. The lowest BCUT2D eigenvalue weighted by atomic mass is 10.2. The number of rotatable bonds is 5. The molecule has 0 unspecified atom stereocenters. The van der Waals surface area contributed by atoms with Crippen molar-refractivity contribution in [3.63, 3.8) is 0 Å². The van der Waals surface area contributed by atoms with Gasteiger partial charge in [0.15, 0.2) is 0 Å². The van der Waals surface area contributed by atoms with Crippen LogP contribution in [0.4, 0.5) is 5.82 Å². The lowest BCUT2D eigenvalue weighted by molar-refractivity contribution is 0.312. The molecule has 0 fully saturated rings. The summed E-state index contributed by atoms with van der Waals surface area (Å²) in [5, 5.41) is 2.98. The van der Waals surface area contributed by atoms with Crippen LogP contribution in [0.5, 0.6) is 5.88 Å². The second-order valence-electron chi connectivity index (χ2n) is 3.66. The Hall–Kier alpha value is -1.76. The van der Waals surface area contributed by atoms with Crippen LogP contribution in [0.3, 0.4) is 0 Å². The molecule has 0 aromatic carbocycles. The number of hydrogen-bond acceptors (Lipinski definition) is 4. The maximum atomic E-state index is 5.45. The SMILES string of the molecule is C#CCCOc1cc(NC)nc(C(C)C)n1. The molecule has 86 valence electrons. The van der Waals surface area contributed by atoms with E-state index in [4.69, 9.17) is 11.2 Å². The van der Waals surface area contributed by atoms with Gasteiger partial charge in [0.05, 0.1) is 0 Å². The number of aromatic nitrogens is 2.